The maximum absolute atomic E-state index is 12.5. The maximum Gasteiger partial charge on any atom is 0.261 e. The summed E-state index contributed by atoms with van der Waals surface area (Å²) in [5, 5.41) is 3.05. The van der Waals surface area contributed by atoms with Gasteiger partial charge in [0.05, 0.1) is 6.04 Å². The van der Waals surface area contributed by atoms with Crippen molar-refractivity contribution in [2.75, 3.05) is 18.0 Å². The molecule has 0 unspecified atom stereocenters. The lowest BCUT2D eigenvalue weighted by Crippen LogP contribution is -2.37. The Kier molecular flexibility index (Phi) is 7.00. The molecule has 1 aliphatic heterocycles. The smallest absolute Gasteiger partial charge is 0.261 e. The van der Waals surface area contributed by atoms with Crippen LogP contribution in [-0.2, 0) is 4.79 Å². The molecule has 1 heterocycles. The van der Waals surface area contributed by atoms with Crippen molar-refractivity contribution in [2.45, 2.75) is 45.8 Å². The Labute approximate surface area is 176 Å². The molecule has 0 aliphatic carbocycles. The van der Waals surface area contributed by atoms with Crippen LogP contribution in [0, 0.1) is 5.92 Å². The molecule has 0 spiro atoms. The Hall–Kier alpha value is -2.01. The van der Waals surface area contributed by atoms with E-state index in [0.29, 0.717) is 5.75 Å². The lowest BCUT2D eigenvalue weighted by atomic mass is 9.99. The molecule has 1 aliphatic rings. The Bertz CT molecular complexity index is 776. The van der Waals surface area contributed by atoms with Gasteiger partial charge in [0.25, 0.3) is 5.91 Å². The average Bonchev–Trinajstić information content (AvgIpc) is 2.69. The van der Waals surface area contributed by atoms with Gasteiger partial charge in [0, 0.05) is 23.2 Å². The van der Waals surface area contributed by atoms with Crippen LogP contribution < -0.4 is 15.0 Å². The van der Waals surface area contributed by atoms with Crippen molar-refractivity contribution in [2.24, 2.45) is 5.92 Å². The molecule has 0 saturated carbocycles. The third kappa shape index (κ3) is 5.51. The van der Waals surface area contributed by atoms with E-state index in [1.165, 1.54) is 18.5 Å². The monoisotopic (exact) mass is 444 g/mol. The number of hydrogen-bond donors (Lipinski definition) is 1. The predicted octanol–water partition coefficient (Wildman–Crippen LogP) is 5.33. The van der Waals surface area contributed by atoms with E-state index in [2.05, 4.69) is 57.3 Å². The first-order valence-electron chi connectivity index (χ1n) is 10.00. The summed E-state index contributed by atoms with van der Waals surface area (Å²) < 4.78 is 6.72. The molecule has 150 valence electrons. The SMILES string of the molecule is C[C@@H]1CCCN(c2ccc([C@@H](C)NC(=O)[C@@H](C)Oc3ccc(Br)cc3)cc2)C1. The van der Waals surface area contributed by atoms with E-state index in [1.807, 2.05) is 31.2 Å². The minimum absolute atomic E-state index is 0.0715. The van der Waals surface area contributed by atoms with E-state index in [1.54, 1.807) is 6.92 Å². The molecule has 3 atom stereocenters. The predicted molar refractivity (Wildman–Crippen MR) is 118 cm³/mol. The Morgan fingerprint density at radius 2 is 1.82 bits per heavy atom. The fourth-order valence-corrected chi connectivity index (χ4v) is 3.85. The van der Waals surface area contributed by atoms with Crippen molar-refractivity contribution in [3.8, 4) is 5.75 Å². The van der Waals surface area contributed by atoms with Crippen molar-refractivity contribution in [1.82, 2.24) is 5.32 Å². The second-order valence-corrected chi connectivity index (χ2v) is 8.64. The summed E-state index contributed by atoms with van der Waals surface area (Å²) in [6.45, 7) is 8.33. The lowest BCUT2D eigenvalue weighted by Gasteiger charge is -2.33. The Balaban J connectivity index is 1.55. The highest BCUT2D eigenvalue weighted by Crippen LogP contribution is 2.25. The van der Waals surface area contributed by atoms with E-state index in [0.717, 1.165) is 29.0 Å². The number of rotatable bonds is 6. The molecule has 5 heteroatoms. The molecule has 4 nitrogen and oxygen atoms in total. The number of carbonyl (C=O) groups is 1. The summed E-state index contributed by atoms with van der Waals surface area (Å²) in [4.78, 5) is 14.9. The number of halogens is 1. The number of carbonyl (C=O) groups excluding carboxylic acids is 1. The topological polar surface area (TPSA) is 41.6 Å². The van der Waals surface area contributed by atoms with E-state index in [9.17, 15) is 4.79 Å². The van der Waals surface area contributed by atoms with Crippen LogP contribution in [0.25, 0.3) is 0 Å². The summed E-state index contributed by atoms with van der Waals surface area (Å²) in [6, 6.07) is 16.0. The molecule has 0 radical (unpaired) electrons. The highest BCUT2D eigenvalue weighted by molar-refractivity contribution is 9.10. The van der Waals surface area contributed by atoms with Crippen LogP contribution in [0.4, 0.5) is 5.69 Å². The van der Waals surface area contributed by atoms with Crippen LogP contribution in [0.5, 0.6) is 5.75 Å². The van der Waals surface area contributed by atoms with Gasteiger partial charge in [0.1, 0.15) is 5.75 Å². The van der Waals surface area contributed by atoms with Gasteiger partial charge in [0.2, 0.25) is 0 Å². The molecular weight excluding hydrogens is 416 g/mol. The molecule has 0 aromatic heterocycles. The van der Waals surface area contributed by atoms with Crippen LogP contribution in [0.1, 0.15) is 45.2 Å². The van der Waals surface area contributed by atoms with E-state index in [-0.39, 0.29) is 11.9 Å². The third-order valence-corrected chi connectivity index (χ3v) is 5.80. The highest BCUT2D eigenvalue weighted by Gasteiger charge is 2.19. The lowest BCUT2D eigenvalue weighted by molar-refractivity contribution is -0.127. The van der Waals surface area contributed by atoms with Crippen LogP contribution >= 0.6 is 15.9 Å². The molecule has 2 aromatic carbocycles. The Morgan fingerprint density at radius 3 is 2.46 bits per heavy atom. The highest BCUT2D eigenvalue weighted by atomic mass is 79.9. The van der Waals surface area contributed by atoms with Gasteiger partial charge in [0.15, 0.2) is 6.10 Å². The second-order valence-electron chi connectivity index (χ2n) is 7.73. The summed E-state index contributed by atoms with van der Waals surface area (Å²) in [5.74, 6) is 1.31. The fourth-order valence-electron chi connectivity index (χ4n) is 3.58. The van der Waals surface area contributed by atoms with Gasteiger partial charge in [-0.1, -0.05) is 35.0 Å². The number of piperidine rings is 1. The zero-order valence-corrected chi connectivity index (χ0v) is 18.4. The quantitative estimate of drug-likeness (QED) is 0.654. The van der Waals surface area contributed by atoms with E-state index < -0.39 is 6.10 Å². The molecule has 2 aromatic rings. The van der Waals surface area contributed by atoms with Gasteiger partial charge in [-0.2, -0.15) is 0 Å². The minimum atomic E-state index is -0.558. The number of hydrogen-bond acceptors (Lipinski definition) is 3. The van der Waals surface area contributed by atoms with Crippen LogP contribution in [-0.4, -0.2) is 25.1 Å². The standard InChI is InChI=1S/C23H29BrN2O2/c1-16-5-4-14-26(15-16)21-10-6-19(7-11-21)17(2)25-23(27)18(3)28-22-12-8-20(24)9-13-22/h6-13,16-18H,4-5,14-15H2,1-3H3,(H,25,27)/t16-,17-,18-/m1/s1. The molecule has 3 rings (SSSR count). The average molecular weight is 445 g/mol. The number of anilines is 1. The molecule has 1 amide bonds. The first-order valence-corrected chi connectivity index (χ1v) is 10.8. The van der Waals surface area contributed by atoms with E-state index in [4.69, 9.17) is 4.74 Å². The van der Waals surface area contributed by atoms with Gasteiger partial charge in [-0.25, -0.2) is 0 Å². The molecule has 1 fully saturated rings. The second kappa shape index (κ2) is 9.46. The molecule has 28 heavy (non-hydrogen) atoms. The van der Waals surface area contributed by atoms with Gasteiger partial charge < -0.3 is 15.0 Å². The summed E-state index contributed by atoms with van der Waals surface area (Å²) in [5.41, 5.74) is 2.36. The molecular formula is C23H29BrN2O2. The Morgan fingerprint density at radius 1 is 1.14 bits per heavy atom. The van der Waals surface area contributed by atoms with Crippen molar-refractivity contribution in [1.29, 1.82) is 0 Å². The largest absolute Gasteiger partial charge is 0.481 e. The summed E-state index contributed by atoms with van der Waals surface area (Å²) >= 11 is 3.39. The van der Waals surface area contributed by atoms with Crippen molar-refractivity contribution in [3.63, 3.8) is 0 Å². The first-order chi connectivity index (χ1) is 13.4. The maximum atomic E-state index is 12.5. The molecule has 1 saturated heterocycles. The third-order valence-electron chi connectivity index (χ3n) is 5.27. The number of ether oxygens (including phenoxy) is 1. The van der Waals surface area contributed by atoms with E-state index >= 15 is 0 Å². The molecule has 0 bridgehead atoms. The first kappa shape index (κ1) is 20.7. The van der Waals surface area contributed by atoms with Crippen molar-refractivity contribution >= 4 is 27.5 Å². The van der Waals surface area contributed by atoms with Crippen molar-refractivity contribution < 1.29 is 9.53 Å². The number of benzene rings is 2. The van der Waals surface area contributed by atoms with Gasteiger partial charge >= 0.3 is 0 Å². The zero-order chi connectivity index (χ0) is 20.1. The van der Waals surface area contributed by atoms with Gasteiger partial charge in [-0.05, 0) is 74.6 Å². The summed E-state index contributed by atoms with van der Waals surface area (Å²) in [6.07, 6.45) is 2.02. The molecule has 1 N–H and O–H groups in total. The number of nitrogens with zero attached hydrogens (tertiary/aromatic N) is 1. The van der Waals surface area contributed by atoms with Crippen LogP contribution in [0.15, 0.2) is 53.0 Å². The van der Waals surface area contributed by atoms with Gasteiger partial charge in [-0.3, -0.25) is 4.79 Å². The van der Waals surface area contributed by atoms with Gasteiger partial charge in [-0.15, -0.1) is 0 Å². The minimum Gasteiger partial charge on any atom is -0.481 e. The normalized spacial score (nSPS) is 19.0. The van der Waals surface area contributed by atoms with Crippen molar-refractivity contribution in [3.05, 3.63) is 58.6 Å². The number of amides is 1. The zero-order valence-electron chi connectivity index (χ0n) is 16.8. The van der Waals surface area contributed by atoms with Crippen LogP contribution in [0.2, 0.25) is 0 Å². The number of nitrogens with one attached hydrogen (secondary N) is 1. The fraction of sp³-hybridized carbons (Fsp3) is 0.435. The summed E-state index contributed by atoms with van der Waals surface area (Å²) in [7, 11) is 0. The van der Waals surface area contributed by atoms with Crippen LogP contribution in [0.3, 0.4) is 0 Å².